The minimum absolute atomic E-state index is 0.160. The Hall–Kier alpha value is -1.07. The molecule has 4 nitrogen and oxygen atoms in total. The number of benzene rings is 1. The molecule has 0 amide bonds. The van der Waals surface area contributed by atoms with E-state index < -0.39 is 10.0 Å². The smallest absolute Gasteiger partial charge is 0.238 e. The van der Waals surface area contributed by atoms with Crippen LogP contribution in [0.15, 0.2) is 29.2 Å². The van der Waals surface area contributed by atoms with E-state index in [2.05, 4.69) is 12.2 Å². The molecule has 106 valence electrons. The van der Waals surface area contributed by atoms with E-state index in [-0.39, 0.29) is 4.90 Å². The van der Waals surface area contributed by atoms with Crippen molar-refractivity contribution < 1.29 is 8.42 Å². The Morgan fingerprint density at radius 2 is 1.79 bits per heavy atom. The van der Waals surface area contributed by atoms with E-state index in [1.54, 1.807) is 24.3 Å². The van der Waals surface area contributed by atoms with Crippen molar-refractivity contribution in [3.05, 3.63) is 24.3 Å². The second kappa shape index (κ2) is 5.92. The molecule has 3 N–H and O–H groups in total. The van der Waals surface area contributed by atoms with Gasteiger partial charge in [-0.3, -0.25) is 0 Å². The number of hydrogen-bond acceptors (Lipinski definition) is 3. The average Bonchev–Trinajstić information content (AvgIpc) is 2.54. The van der Waals surface area contributed by atoms with Crippen molar-refractivity contribution in [1.82, 2.24) is 0 Å². The fraction of sp³-hybridized carbons (Fsp3) is 0.571. The highest BCUT2D eigenvalue weighted by Gasteiger charge is 2.16. The zero-order valence-corrected chi connectivity index (χ0v) is 12.1. The van der Waals surface area contributed by atoms with Gasteiger partial charge in [0.25, 0.3) is 0 Å². The molecular weight excluding hydrogens is 260 g/mol. The molecule has 2 atom stereocenters. The fourth-order valence-electron chi connectivity index (χ4n) is 2.61. The predicted octanol–water partition coefficient (Wildman–Crippen LogP) is 2.71. The van der Waals surface area contributed by atoms with Gasteiger partial charge in [0.2, 0.25) is 10.0 Å². The number of rotatable bonds is 3. The molecular formula is C14H22N2O2S. The number of nitrogens with one attached hydrogen (secondary N) is 1. The molecule has 1 fully saturated rings. The molecule has 0 aliphatic heterocycles. The Balaban J connectivity index is 1.99. The molecule has 5 heteroatoms. The maximum Gasteiger partial charge on any atom is 0.238 e. The fourth-order valence-corrected chi connectivity index (χ4v) is 3.12. The summed E-state index contributed by atoms with van der Waals surface area (Å²) >= 11 is 0. The Morgan fingerprint density at radius 1 is 1.11 bits per heavy atom. The number of nitrogens with two attached hydrogens (primary N) is 1. The molecule has 0 radical (unpaired) electrons. The molecule has 0 aromatic heterocycles. The maximum absolute atomic E-state index is 11.2. The molecule has 1 aromatic carbocycles. The predicted molar refractivity (Wildman–Crippen MR) is 77.5 cm³/mol. The normalized spacial score (nSPS) is 24.7. The van der Waals surface area contributed by atoms with Gasteiger partial charge >= 0.3 is 0 Å². The zero-order chi connectivity index (χ0) is 13.9. The Kier molecular flexibility index (Phi) is 4.47. The summed E-state index contributed by atoms with van der Waals surface area (Å²) in [6, 6.07) is 7.17. The summed E-state index contributed by atoms with van der Waals surface area (Å²) in [5, 5.41) is 8.56. The lowest BCUT2D eigenvalue weighted by Gasteiger charge is -2.18. The van der Waals surface area contributed by atoms with Crippen LogP contribution in [0.2, 0.25) is 0 Å². The van der Waals surface area contributed by atoms with E-state index in [0.717, 1.165) is 11.6 Å². The van der Waals surface area contributed by atoms with Gasteiger partial charge in [-0.1, -0.05) is 19.8 Å². The summed E-state index contributed by atoms with van der Waals surface area (Å²) in [6.07, 6.45) is 6.18. The SMILES string of the molecule is CC1CCCC(Nc2ccc(S(N)(=O)=O)cc2)CC1. The van der Waals surface area contributed by atoms with E-state index in [1.807, 2.05) is 0 Å². The minimum atomic E-state index is -3.59. The molecule has 0 bridgehead atoms. The monoisotopic (exact) mass is 282 g/mol. The van der Waals surface area contributed by atoms with Crippen molar-refractivity contribution in [2.45, 2.75) is 50.0 Å². The lowest BCUT2D eigenvalue weighted by Crippen LogP contribution is -2.18. The number of primary sulfonamides is 1. The van der Waals surface area contributed by atoms with E-state index in [9.17, 15) is 8.42 Å². The first-order valence-corrected chi connectivity index (χ1v) is 8.39. The van der Waals surface area contributed by atoms with Gasteiger partial charge in [-0.15, -0.1) is 0 Å². The van der Waals surface area contributed by atoms with Gasteiger partial charge in [-0.2, -0.15) is 0 Å². The van der Waals surface area contributed by atoms with Crippen LogP contribution in [0.5, 0.6) is 0 Å². The highest BCUT2D eigenvalue weighted by molar-refractivity contribution is 7.89. The van der Waals surface area contributed by atoms with Crippen LogP contribution < -0.4 is 10.5 Å². The molecule has 1 aromatic rings. The van der Waals surface area contributed by atoms with Crippen molar-refractivity contribution in [1.29, 1.82) is 0 Å². The Morgan fingerprint density at radius 3 is 2.42 bits per heavy atom. The summed E-state index contributed by atoms with van der Waals surface area (Å²) in [5.74, 6) is 0.816. The second-order valence-corrected chi connectivity index (χ2v) is 7.09. The number of sulfonamides is 1. The lowest BCUT2D eigenvalue weighted by atomic mass is 10.0. The average molecular weight is 282 g/mol. The zero-order valence-electron chi connectivity index (χ0n) is 11.3. The van der Waals surface area contributed by atoms with Crippen LogP contribution in [0, 0.1) is 5.92 Å². The molecule has 1 saturated carbocycles. The van der Waals surface area contributed by atoms with Gasteiger partial charge in [0, 0.05) is 11.7 Å². The van der Waals surface area contributed by atoms with Gasteiger partial charge in [-0.25, -0.2) is 13.6 Å². The minimum Gasteiger partial charge on any atom is -0.382 e. The topological polar surface area (TPSA) is 72.2 Å². The lowest BCUT2D eigenvalue weighted by molar-refractivity contribution is 0.502. The summed E-state index contributed by atoms with van der Waals surface area (Å²) in [6.45, 7) is 2.31. The molecule has 2 unspecified atom stereocenters. The van der Waals surface area contributed by atoms with Gasteiger partial charge in [0.1, 0.15) is 0 Å². The highest BCUT2D eigenvalue weighted by atomic mass is 32.2. The third kappa shape index (κ3) is 4.21. The molecule has 0 saturated heterocycles. The molecule has 1 aliphatic rings. The molecule has 2 rings (SSSR count). The van der Waals surface area contributed by atoms with Crippen molar-refractivity contribution in [2.75, 3.05) is 5.32 Å². The van der Waals surface area contributed by atoms with Crippen LogP contribution in [0.3, 0.4) is 0 Å². The van der Waals surface area contributed by atoms with Crippen LogP contribution in [0.25, 0.3) is 0 Å². The van der Waals surface area contributed by atoms with Gasteiger partial charge in [0.15, 0.2) is 0 Å². The third-order valence-corrected chi connectivity index (χ3v) is 4.74. The molecule has 1 aliphatic carbocycles. The first-order chi connectivity index (χ1) is 8.95. The second-order valence-electron chi connectivity index (χ2n) is 5.52. The standard InChI is InChI=1S/C14H22N2O2S/c1-11-3-2-4-12(6-5-11)16-13-7-9-14(10-8-13)19(15,17)18/h7-12,16H,2-6H2,1H3,(H2,15,17,18). The molecule has 19 heavy (non-hydrogen) atoms. The van der Waals surface area contributed by atoms with Gasteiger partial charge in [-0.05, 0) is 49.4 Å². The van der Waals surface area contributed by atoms with E-state index in [1.165, 1.54) is 32.1 Å². The summed E-state index contributed by atoms with van der Waals surface area (Å²) in [5.41, 5.74) is 0.965. The Bertz CT molecular complexity index is 511. The van der Waals surface area contributed by atoms with Gasteiger partial charge in [0.05, 0.1) is 4.90 Å². The first kappa shape index (κ1) is 14.3. The number of anilines is 1. The van der Waals surface area contributed by atoms with Crippen LogP contribution in [0.4, 0.5) is 5.69 Å². The van der Waals surface area contributed by atoms with Crippen molar-refractivity contribution in [2.24, 2.45) is 11.1 Å². The van der Waals surface area contributed by atoms with Gasteiger partial charge < -0.3 is 5.32 Å². The van der Waals surface area contributed by atoms with E-state index in [4.69, 9.17) is 5.14 Å². The molecule has 0 heterocycles. The van der Waals surface area contributed by atoms with Crippen LogP contribution >= 0.6 is 0 Å². The molecule has 0 spiro atoms. The number of hydrogen-bond donors (Lipinski definition) is 2. The summed E-state index contributed by atoms with van der Waals surface area (Å²) in [4.78, 5) is 0.160. The van der Waals surface area contributed by atoms with Crippen molar-refractivity contribution in [3.8, 4) is 0 Å². The van der Waals surface area contributed by atoms with Crippen LogP contribution in [-0.2, 0) is 10.0 Å². The Labute approximate surface area is 115 Å². The van der Waals surface area contributed by atoms with E-state index >= 15 is 0 Å². The van der Waals surface area contributed by atoms with Crippen LogP contribution in [0.1, 0.15) is 39.0 Å². The highest BCUT2D eigenvalue weighted by Crippen LogP contribution is 2.25. The van der Waals surface area contributed by atoms with Crippen molar-refractivity contribution in [3.63, 3.8) is 0 Å². The first-order valence-electron chi connectivity index (χ1n) is 6.84. The quantitative estimate of drug-likeness (QED) is 0.837. The largest absolute Gasteiger partial charge is 0.382 e. The maximum atomic E-state index is 11.2. The summed E-state index contributed by atoms with van der Waals surface area (Å²) < 4.78 is 22.3. The van der Waals surface area contributed by atoms with Crippen LogP contribution in [-0.4, -0.2) is 14.5 Å². The third-order valence-electron chi connectivity index (χ3n) is 3.81. The summed E-state index contributed by atoms with van der Waals surface area (Å²) in [7, 11) is -3.59. The van der Waals surface area contributed by atoms with E-state index in [0.29, 0.717) is 6.04 Å². The van der Waals surface area contributed by atoms with Crippen molar-refractivity contribution >= 4 is 15.7 Å².